The number of hydrogen-bond donors (Lipinski definition) is 2. The largest absolute Gasteiger partial charge is 0.390 e. The van der Waals surface area contributed by atoms with Gasteiger partial charge in [-0.05, 0) is 25.5 Å². The molecule has 0 bridgehead atoms. The topological polar surface area (TPSA) is 98.7 Å². The van der Waals surface area contributed by atoms with Crippen molar-refractivity contribution in [2.45, 2.75) is 25.0 Å². The first-order valence-corrected chi connectivity index (χ1v) is 9.33. The van der Waals surface area contributed by atoms with Crippen molar-refractivity contribution in [3.63, 3.8) is 0 Å². The molecule has 130 valence electrons. The predicted molar refractivity (Wildman–Crippen MR) is 88.6 cm³/mol. The molecule has 0 spiro atoms. The van der Waals surface area contributed by atoms with E-state index in [0.29, 0.717) is 25.5 Å². The van der Waals surface area contributed by atoms with Crippen LogP contribution in [0.15, 0.2) is 18.5 Å². The van der Waals surface area contributed by atoms with Crippen LogP contribution in [-0.4, -0.2) is 84.3 Å². The SMILES string of the molecule is CN(C)S(=O)(=O)CCCN1CC[C@@H](Nc2ncccn2)[C@H](O)C1. The maximum atomic E-state index is 11.7. The minimum absolute atomic E-state index is 0.0841. The second-order valence-electron chi connectivity index (χ2n) is 5.93. The number of aromatic nitrogens is 2. The number of β-amino-alcohol motifs (C(OH)–C–C–N with tert-alkyl or cyclic N) is 1. The number of anilines is 1. The molecule has 9 heteroatoms. The molecule has 1 aliphatic heterocycles. The molecule has 0 aromatic carbocycles. The van der Waals surface area contributed by atoms with Crippen LogP contribution in [0.1, 0.15) is 12.8 Å². The lowest BCUT2D eigenvalue weighted by molar-refractivity contribution is 0.0598. The molecule has 2 N–H and O–H groups in total. The summed E-state index contributed by atoms with van der Waals surface area (Å²) in [5, 5.41) is 13.4. The summed E-state index contributed by atoms with van der Waals surface area (Å²) in [5.41, 5.74) is 0. The number of nitrogens with one attached hydrogen (secondary N) is 1. The normalized spacial score (nSPS) is 23.1. The summed E-state index contributed by atoms with van der Waals surface area (Å²) < 4.78 is 24.7. The fourth-order valence-corrected chi connectivity index (χ4v) is 3.42. The highest BCUT2D eigenvalue weighted by Gasteiger charge is 2.28. The van der Waals surface area contributed by atoms with Gasteiger partial charge in [-0.2, -0.15) is 0 Å². The van der Waals surface area contributed by atoms with E-state index in [-0.39, 0.29) is 11.8 Å². The van der Waals surface area contributed by atoms with Gasteiger partial charge in [0, 0.05) is 39.6 Å². The minimum atomic E-state index is -3.15. The zero-order valence-corrected chi connectivity index (χ0v) is 14.4. The van der Waals surface area contributed by atoms with E-state index in [1.165, 1.54) is 4.31 Å². The number of aliphatic hydroxyl groups excluding tert-OH is 1. The lowest BCUT2D eigenvalue weighted by Crippen LogP contribution is -2.50. The van der Waals surface area contributed by atoms with Gasteiger partial charge in [-0.1, -0.05) is 0 Å². The molecular weight excluding hydrogens is 318 g/mol. The molecule has 0 amide bonds. The average Bonchev–Trinajstić information content (AvgIpc) is 2.50. The van der Waals surface area contributed by atoms with Crippen molar-refractivity contribution in [2.75, 3.05) is 44.8 Å². The van der Waals surface area contributed by atoms with Crippen LogP contribution < -0.4 is 5.32 Å². The van der Waals surface area contributed by atoms with Crippen molar-refractivity contribution >= 4 is 16.0 Å². The third kappa shape index (κ3) is 5.38. The number of rotatable bonds is 7. The van der Waals surface area contributed by atoms with Gasteiger partial charge in [0.25, 0.3) is 0 Å². The van der Waals surface area contributed by atoms with Gasteiger partial charge in [0.1, 0.15) is 0 Å². The Morgan fingerprint density at radius 1 is 1.39 bits per heavy atom. The van der Waals surface area contributed by atoms with Crippen molar-refractivity contribution in [3.05, 3.63) is 18.5 Å². The molecule has 8 nitrogen and oxygen atoms in total. The van der Waals surface area contributed by atoms with E-state index in [9.17, 15) is 13.5 Å². The zero-order chi connectivity index (χ0) is 16.9. The first-order chi connectivity index (χ1) is 10.9. The highest BCUT2D eigenvalue weighted by molar-refractivity contribution is 7.89. The maximum absolute atomic E-state index is 11.7. The summed E-state index contributed by atoms with van der Waals surface area (Å²) >= 11 is 0. The third-order valence-corrected chi connectivity index (χ3v) is 5.90. The molecule has 2 heterocycles. The van der Waals surface area contributed by atoms with Gasteiger partial charge in [-0.3, -0.25) is 0 Å². The Bertz CT molecular complexity index is 581. The molecule has 0 unspecified atom stereocenters. The quantitative estimate of drug-likeness (QED) is 0.695. The van der Waals surface area contributed by atoms with E-state index in [0.717, 1.165) is 13.0 Å². The fourth-order valence-electron chi connectivity index (χ4n) is 2.56. The van der Waals surface area contributed by atoms with Crippen LogP contribution in [0.2, 0.25) is 0 Å². The third-order valence-electron chi connectivity index (χ3n) is 3.98. The second-order valence-corrected chi connectivity index (χ2v) is 8.23. The number of sulfonamides is 1. The van der Waals surface area contributed by atoms with Gasteiger partial charge >= 0.3 is 0 Å². The summed E-state index contributed by atoms with van der Waals surface area (Å²) in [6.07, 6.45) is 4.11. The summed E-state index contributed by atoms with van der Waals surface area (Å²) in [4.78, 5) is 10.3. The molecule has 1 aromatic heterocycles. The predicted octanol–water partition coefficient (Wildman–Crippen LogP) is -0.395. The Morgan fingerprint density at radius 2 is 2.09 bits per heavy atom. The van der Waals surface area contributed by atoms with Crippen LogP contribution in [-0.2, 0) is 10.0 Å². The first-order valence-electron chi connectivity index (χ1n) is 7.72. The molecule has 0 saturated carbocycles. The van der Waals surface area contributed by atoms with Crippen molar-refractivity contribution in [3.8, 4) is 0 Å². The van der Waals surface area contributed by atoms with Crippen molar-refractivity contribution in [2.24, 2.45) is 0 Å². The molecule has 1 aliphatic rings. The number of aliphatic hydroxyl groups is 1. The minimum Gasteiger partial charge on any atom is -0.390 e. The van der Waals surface area contributed by atoms with Crippen LogP contribution in [0, 0.1) is 0 Å². The Kier molecular flexibility index (Phi) is 6.28. The zero-order valence-electron chi connectivity index (χ0n) is 13.6. The van der Waals surface area contributed by atoms with E-state index in [4.69, 9.17) is 0 Å². The van der Waals surface area contributed by atoms with Crippen molar-refractivity contribution in [1.29, 1.82) is 0 Å². The van der Waals surface area contributed by atoms with Crippen LogP contribution in [0.5, 0.6) is 0 Å². The van der Waals surface area contributed by atoms with Gasteiger partial charge in [0.2, 0.25) is 16.0 Å². The molecule has 1 fully saturated rings. The number of piperidine rings is 1. The molecule has 0 radical (unpaired) electrons. The summed E-state index contributed by atoms with van der Waals surface area (Å²) in [6.45, 7) is 1.99. The smallest absolute Gasteiger partial charge is 0.222 e. The summed E-state index contributed by atoms with van der Waals surface area (Å²) in [7, 11) is -0.0616. The Morgan fingerprint density at radius 3 is 2.70 bits per heavy atom. The van der Waals surface area contributed by atoms with Crippen LogP contribution in [0.3, 0.4) is 0 Å². The Balaban J connectivity index is 1.76. The molecule has 1 saturated heterocycles. The average molecular weight is 343 g/mol. The number of likely N-dealkylation sites (tertiary alicyclic amines) is 1. The lowest BCUT2D eigenvalue weighted by atomic mass is 10.0. The van der Waals surface area contributed by atoms with Crippen LogP contribution in [0.4, 0.5) is 5.95 Å². The summed E-state index contributed by atoms with van der Waals surface area (Å²) in [6, 6.07) is 1.66. The van der Waals surface area contributed by atoms with E-state index >= 15 is 0 Å². The second kappa shape index (κ2) is 8.00. The number of hydrogen-bond acceptors (Lipinski definition) is 7. The van der Waals surface area contributed by atoms with Gasteiger partial charge in [0.15, 0.2) is 0 Å². The Labute approximate surface area is 137 Å². The molecule has 2 rings (SSSR count). The van der Waals surface area contributed by atoms with Crippen molar-refractivity contribution < 1.29 is 13.5 Å². The standard InChI is InChI=1S/C14H25N5O3S/c1-18(2)23(21,22)10-4-8-19-9-5-12(13(20)11-19)17-14-15-6-3-7-16-14/h3,6-7,12-13,20H,4-5,8-11H2,1-2H3,(H,15,16,17)/t12-,13-/m1/s1. The molecule has 2 atom stereocenters. The Hall–Kier alpha value is -1.29. The highest BCUT2D eigenvalue weighted by atomic mass is 32.2. The van der Waals surface area contributed by atoms with Crippen molar-refractivity contribution in [1.82, 2.24) is 19.2 Å². The molecule has 0 aliphatic carbocycles. The van der Waals surface area contributed by atoms with Gasteiger partial charge < -0.3 is 15.3 Å². The summed E-state index contributed by atoms with van der Waals surface area (Å²) in [5.74, 6) is 0.647. The van der Waals surface area contributed by atoms with E-state index < -0.39 is 16.1 Å². The van der Waals surface area contributed by atoms with E-state index in [1.807, 2.05) is 0 Å². The maximum Gasteiger partial charge on any atom is 0.222 e. The van der Waals surface area contributed by atoms with E-state index in [2.05, 4.69) is 20.2 Å². The van der Waals surface area contributed by atoms with Gasteiger partial charge in [-0.25, -0.2) is 22.7 Å². The lowest BCUT2D eigenvalue weighted by Gasteiger charge is -2.36. The molecule has 1 aromatic rings. The fraction of sp³-hybridized carbons (Fsp3) is 0.714. The monoisotopic (exact) mass is 343 g/mol. The molecule has 23 heavy (non-hydrogen) atoms. The molecular formula is C14H25N5O3S. The van der Waals surface area contributed by atoms with Gasteiger partial charge in [-0.15, -0.1) is 0 Å². The van der Waals surface area contributed by atoms with Gasteiger partial charge in [0.05, 0.1) is 17.9 Å². The number of nitrogens with zero attached hydrogens (tertiary/aromatic N) is 4. The highest BCUT2D eigenvalue weighted by Crippen LogP contribution is 2.15. The van der Waals surface area contributed by atoms with Crippen LogP contribution >= 0.6 is 0 Å². The first kappa shape index (κ1) is 18.1. The van der Waals surface area contributed by atoms with E-state index in [1.54, 1.807) is 32.6 Å². The van der Waals surface area contributed by atoms with Crippen LogP contribution in [0.25, 0.3) is 0 Å².